The van der Waals surface area contributed by atoms with Gasteiger partial charge in [-0.15, -0.1) is 23.4 Å². The van der Waals surface area contributed by atoms with E-state index in [1.165, 1.54) is 12.1 Å². The number of ether oxygens (including phenoxy) is 2. The summed E-state index contributed by atoms with van der Waals surface area (Å²) in [5, 5.41) is 18.6. The van der Waals surface area contributed by atoms with E-state index in [1.54, 1.807) is 48.0 Å². The van der Waals surface area contributed by atoms with E-state index < -0.39 is 6.36 Å². The summed E-state index contributed by atoms with van der Waals surface area (Å²) in [6.45, 7) is 0.305. The van der Waals surface area contributed by atoms with Gasteiger partial charge in [0.2, 0.25) is 5.91 Å². The molecule has 2 heterocycles. The van der Waals surface area contributed by atoms with Crippen LogP contribution in [0.3, 0.4) is 0 Å². The predicted molar refractivity (Wildman–Crippen MR) is 132 cm³/mol. The molecule has 0 aliphatic carbocycles. The van der Waals surface area contributed by atoms with E-state index in [1.807, 2.05) is 0 Å². The van der Waals surface area contributed by atoms with Gasteiger partial charge in [0.15, 0.2) is 11.5 Å². The molecule has 2 aromatic heterocycles. The molecule has 14 heteroatoms. The smallest absolute Gasteiger partial charge is 0.497 e. The Bertz CT molecular complexity index is 1410. The number of nitrogens with one attached hydrogen (secondary N) is 2. The van der Waals surface area contributed by atoms with Crippen LogP contribution in [0.15, 0.2) is 65.7 Å². The van der Waals surface area contributed by atoms with E-state index in [4.69, 9.17) is 4.74 Å². The second-order valence-electron chi connectivity index (χ2n) is 7.70. The van der Waals surface area contributed by atoms with Gasteiger partial charge in [-0.25, -0.2) is 0 Å². The van der Waals surface area contributed by atoms with Crippen molar-refractivity contribution in [2.24, 2.45) is 0 Å². The van der Waals surface area contributed by atoms with Crippen LogP contribution in [-0.4, -0.2) is 57.4 Å². The SMILES string of the molecule is COc1ccc(C(=O)NCCc2nnc3ccc(SCC(=O)Nc4ccc(OC(F)(F)F)cc4)nn23)cc1. The molecule has 0 saturated heterocycles. The zero-order valence-corrected chi connectivity index (χ0v) is 20.7. The van der Waals surface area contributed by atoms with Gasteiger partial charge < -0.3 is 20.1 Å². The second kappa shape index (κ2) is 11.8. The summed E-state index contributed by atoms with van der Waals surface area (Å²) >= 11 is 1.16. The summed E-state index contributed by atoms with van der Waals surface area (Å²) in [6, 6.07) is 15.0. The quantitative estimate of drug-likeness (QED) is 0.289. The Hall–Kier alpha value is -4.33. The molecule has 0 bridgehead atoms. The Morgan fingerprint density at radius 3 is 2.37 bits per heavy atom. The molecule has 2 N–H and O–H groups in total. The largest absolute Gasteiger partial charge is 0.573 e. The summed E-state index contributed by atoms with van der Waals surface area (Å²) in [5.74, 6) is 0.206. The average molecular weight is 547 g/mol. The first-order valence-electron chi connectivity index (χ1n) is 11.1. The van der Waals surface area contributed by atoms with Crippen LogP contribution in [0, 0.1) is 0 Å². The van der Waals surface area contributed by atoms with Gasteiger partial charge in [-0.3, -0.25) is 9.59 Å². The normalized spacial score (nSPS) is 11.3. The molecular formula is C24H21F3N6O4S. The lowest BCUT2D eigenvalue weighted by molar-refractivity contribution is -0.274. The zero-order valence-electron chi connectivity index (χ0n) is 19.9. The number of fused-ring (bicyclic) bond motifs is 1. The van der Waals surface area contributed by atoms with Crippen LogP contribution in [-0.2, 0) is 11.2 Å². The van der Waals surface area contributed by atoms with Crippen LogP contribution in [0.25, 0.3) is 5.65 Å². The standard InChI is InChI=1S/C24H21F3N6O4S/c1-36-17-6-2-15(3-7-17)23(35)28-13-12-20-31-30-19-10-11-22(32-33(19)20)38-14-21(34)29-16-4-8-18(9-5-16)37-24(25,26)27/h2-11H,12-14H2,1H3,(H,28,35)(H,29,34). The predicted octanol–water partition coefficient (Wildman–Crippen LogP) is 3.73. The molecular weight excluding hydrogens is 525 g/mol. The number of hydrogen-bond acceptors (Lipinski definition) is 8. The molecule has 0 spiro atoms. The van der Waals surface area contributed by atoms with Gasteiger partial charge in [-0.2, -0.15) is 9.61 Å². The van der Waals surface area contributed by atoms with Crippen LogP contribution < -0.4 is 20.1 Å². The van der Waals surface area contributed by atoms with E-state index in [0.29, 0.717) is 46.5 Å². The molecule has 0 aliphatic heterocycles. The third-order valence-electron chi connectivity index (χ3n) is 5.01. The van der Waals surface area contributed by atoms with Crippen LogP contribution in [0.1, 0.15) is 16.2 Å². The van der Waals surface area contributed by atoms with Crippen molar-refractivity contribution in [1.82, 2.24) is 25.1 Å². The van der Waals surface area contributed by atoms with Crippen LogP contribution >= 0.6 is 11.8 Å². The van der Waals surface area contributed by atoms with E-state index in [2.05, 4.69) is 30.7 Å². The summed E-state index contributed by atoms with van der Waals surface area (Å²) in [7, 11) is 1.55. The Kier molecular flexibility index (Phi) is 8.31. The Morgan fingerprint density at radius 2 is 1.68 bits per heavy atom. The van der Waals surface area contributed by atoms with Gasteiger partial charge >= 0.3 is 6.36 Å². The summed E-state index contributed by atoms with van der Waals surface area (Å²) in [6.07, 6.45) is -4.41. The number of anilines is 1. The highest BCUT2D eigenvalue weighted by Crippen LogP contribution is 2.24. The van der Waals surface area contributed by atoms with Gasteiger partial charge in [-0.1, -0.05) is 11.8 Å². The number of methoxy groups -OCH3 is 1. The number of aromatic nitrogens is 4. The van der Waals surface area contributed by atoms with Gasteiger partial charge in [0.05, 0.1) is 12.9 Å². The minimum Gasteiger partial charge on any atom is -0.497 e. The maximum atomic E-state index is 12.3. The molecule has 4 rings (SSSR count). The number of carbonyl (C=O) groups is 2. The lowest BCUT2D eigenvalue weighted by Crippen LogP contribution is -2.26. The molecule has 4 aromatic rings. The fourth-order valence-corrected chi connectivity index (χ4v) is 3.91. The fourth-order valence-electron chi connectivity index (χ4n) is 3.26. The Labute approximate surface area is 218 Å². The Balaban J connectivity index is 1.29. The minimum atomic E-state index is -4.79. The van der Waals surface area contributed by atoms with Crippen LogP contribution in [0.5, 0.6) is 11.5 Å². The van der Waals surface area contributed by atoms with Crippen molar-refractivity contribution < 1.29 is 32.2 Å². The number of halogens is 3. The highest BCUT2D eigenvalue weighted by atomic mass is 32.2. The number of thioether (sulfide) groups is 1. The van der Waals surface area contributed by atoms with E-state index >= 15 is 0 Å². The van der Waals surface area contributed by atoms with Crippen molar-refractivity contribution in [3.63, 3.8) is 0 Å². The first kappa shape index (κ1) is 26.7. The zero-order chi connectivity index (χ0) is 27.1. The first-order chi connectivity index (χ1) is 18.2. The van der Waals surface area contributed by atoms with Crippen LogP contribution in [0.4, 0.5) is 18.9 Å². The second-order valence-corrected chi connectivity index (χ2v) is 8.70. The summed E-state index contributed by atoms with van der Waals surface area (Å²) in [4.78, 5) is 24.6. The lowest BCUT2D eigenvalue weighted by Gasteiger charge is -2.10. The van der Waals surface area contributed by atoms with Crippen molar-refractivity contribution in [3.05, 3.63) is 72.1 Å². The summed E-state index contributed by atoms with van der Waals surface area (Å²) in [5.41, 5.74) is 1.33. The highest BCUT2D eigenvalue weighted by Gasteiger charge is 2.31. The first-order valence-corrected chi connectivity index (χ1v) is 12.1. The molecule has 198 valence electrons. The van der Waals surface area contributed by atoms with Crippen LogP contribution in [0.2, 0.25) is 0 Å². The summed E-state index contributed by atoms with van der Waals surface area (Å²) < 4.78 is 47.2. The fraction of sp³-hybridized carbons (Fsp3) is 0.208. The maximum absolute atomic E-state index is 12.3. The van der Waals surface area contributed by atoms with Crippen molar-refractivity contribution in [1.29, 1.82) is 0 Å². The third-order valence-corrected chi connectivity index (χ3v) is 5.93. The van der Waals surface area contributed by atoms with E-state index in [9.17, 15) is 22.8 Å². The van der Waals surface area contributed by atoms with Gasteiger partial charge in [0.1, 0.15) is 16.5 Å². The molecule has 0 aliphatic rings. The Morgan fingerprint density at radius 1 is 0.974 bits per heavy atom. The number of nitrogens with zero attached hydrogens (tertiary/aromatic N) is 4. The van der Waals surface area contributed by atoms with Gasteiger partial charge in [0.25, 0.3) is 5.91 Å². The van der Waals surface area contributed by atoms with Crippen molar-refractivity contribution in [2.75, 3.05) is 24.7 Å². The molecule has 0 radical (unpaired) electrons. The third kappa shape index (κ3) is 7.35. The van der Waals surface area contributed by atoms with Gasteiger partial charge in [0, 0.05) is 24.2 Å². The molecule has 0 unspecified atom stereocenters. The van der Waals surface area contributed by atoms with Crippen molar-refractivity contribution in [2.45, 2.75) is 17.8 Å². The topological polar surface area (TPSA) is 120 Å². The number of carbonyl (C=O) groups excluding carboxylic acids is 2. The molecule has 0 fully saturated rings. The maximum Gasteiger partial charge on any atom is 0.573 e. The molecule has 0 saturated carbocycles. The molecule has 2 amide bonds. The number of amides is 2. The molecule has 38 heavy (non-hydrogen) atoms. The van der Waals surface area contributed by atoms with Gasteiger partial charge in [-0.05, 0) is 60.7 Å². The number of benzene rings is 2. The molecule has 10 nitrogen and oxygen atoms in total. The molecule has 0 atom stereocenters. The monoisotopic (exact) mass is 546 g/mol. The van der Waals surface area contributed by atoms with Crippen molar-refractivity contribution in [3.8, 4) is 11.5 Å². The number of rotatable bonds is 10. The van der Waals surface area contributed by atoms with E-state index in [-0.39, 0.29) is 23.3 Å². The minimum absolute atomic E-state index is 0.00862. The number of alkyl halides is 3. The average Bonchev–Trinajstić information content (AvgIpc) is 3.30. The lowest BCUT2D eigenvalue weighted by atomic mass is 10.2. The number of hydrogen-bond donors (Lipinski definition) is 2. The van der Waals surface area contributed by atoms with E-state index in [0.717, 1.165) is 23.9 Å². The molecule has 2 aromatic carbocycles. The van der Waals surface area contributed by atoms with Crippen molar-refractivity contribution >= 4 is 34.9 Å². The highest BCUT2D eigenvalue weighted by molar-refractivity contribution is 7.99.